The van der Waals surface area contributed by atoms with Crippen LogP contribution in [0.2, 0.25) is 0 Å². The summed E-state index contributed by atoms with van der Waals surface area (Å²) in [5.74, 6) is 3.42. The number of aromatic nitrogens is 1. The Labute approximate surface area is 139 Å². The van der Waals surface area contributed by atoms with Crippen molar-refractivity contribution < 1.29 is 0 Å². The van der Waals surface area contributed by atoms with E-state index in [0.29, 0.717) is 11.6 Å². The van der Waals surface area contributed by atoms with Crippen molar-refractivity contribution in [1.82, 2.24) is 4.98 Å². The van der Waals surface area contributed by atoms with Gasteiger partial charge in [0.25, 0.3) is 0 Å². The van der Waals surface area contributed by atoms with Crippen LogP contribution in [-0.4, -0.2) is 4.98 Å². The minimum atomic E-state index is 0.711. The van der Waals surface area contributed by atoms with E-state index in [0.717, 1.165) is 11.3 Å². The molecule has 1 aromatic heterocycles. The molecule has 1 nitrogen and oxygen atoms in total. The fourth-order valence-corrected chi connectivity index (χ4v) is 3.52. The van der Waals surface area contributed by atoms with Crippen molar-refractivity contribution >= 4 is 6.08 Å². The first-order valence-electron chi connectivity index (χ1n) is 8.43. The monoisotopic (exact) mass is 301 g/mol. The molecule has 1 heterocycles. The molecule has 0 bridgehead atoms. The summed E-state index contributed by atoms with van der Waals surface area (Å²) in [7, 11) is 0. The maximum Gasteiger partial charge on any atom is 0.120 e. The summed E-state index contributed by atoms with van der Waals surface area (Å²) in [6.45, 7) is 4.15. The van der Waals surface area contributed by atoms with Crippen molar-refractivity contribution in [3.05, 3.63) is 58.8 Å². The number of terminal acetylenes is 1. The molecule has 0 saturated heterocycles. The van der Waals surface area contributed by atoms with Gasteiger partial charge in [-0.05, 0) is 68.4 Å². The minimum absolute atomic E-state index is 0.711. The van der Waals surface area contributed by atoms with E-state index in [1.807, 2.05) is 19.1 Å². The maximum atomic E-state index is 5.64. The lowest BCUT2D eigenvalue weighted by Gasteiger charge is -2.13. The van der Waals surface area contributed by atoms with Gasteiger partial charge in [-0.2, -0.15) is 0 Å². The third-order valence-electron chi connectivity index (χ3n) is 4.63. The lowest BCUT2D eigenvalue weighted by atomic mass is 9.93. The van der Waals surface area contributed by atoms with Crippen molar-refractivity contribution in [3.8, 4) is 23.6 Å². The van der Waals surface area contributed by atoms with Gasteiger partial charge in [0.15, 0.2) is 0 Å². The lowest BCUT2D eigenvalue weighted by Crippen LogP contribution is -1.96. The van der Waals surface area contributed by atoms with E-state index in [4.69, 9.17) is 11.4 Å². The minimum Gasteiger partial charge on any atom is -0.239 e. The molecule has 1 aliphatic carbocycles. The average molecular weight is 301 g/mol. The molecule has 0 radical (unpaired) electrons. The molecule has 116 valence electrons. The number of nitrogens with zero attached hydrogens (tertiary/aromatic N) is 1. The largest absolute Gasteiger partial charge is 0.239 e. The molecule has 1 fully saturated rings. The Bertz CT molecular complexity index is 771. The van der Waals surface area contributed by atoms with E-state index >= 15 is 0 Å². The van der Waals surface area contributed by atoms with Crippen LogP contribution in [0.15, 0.2) is 36.4 Å². The second kappa shape index (κ2) is 6.84. The summed E-state index contributed by atoms with van der Waals surface area (Å²) in [6.07, 6.45) is 15.0. The van der Waals surface area contributed by atoms with Crippen molar-refractivity contribution in [1.29, 1.82) is 0 Å². The third-order valence-corrected chi connectivity index (χ3v) is 4.63. The molecule has 1 aliphatic rings. The van der Waals surface area contributed by atoms with Gasteiger partial charge in [0.2, 0.25) is 0 Å². The zero-order valence-corrected chi connectivity index (χ0v) is 14.0. The summed E-state index contributed by atoms with van der Waals surface area (Å²) in [5, 5.41) is 0. The highest BCUT2D eigenvalue weighted by Gasteiger charge is 2.18. The quantitative estimate of drug-likeness (QED) is 0.660. The second-order valence-corrected chi connectivity index (χ2v) is 6.39. The van der Waals surface area contributed by atoms with Crippen LogP contribution >= 0.6 is 0 Å². The van der Waals surface area contributed by atoms with Gasteiger partial charge in [-0.15, -0.1) is 6.42 Å². The number of hydrogen-bond acceptors (Lipinski definition) is 1. The summed E-state index contributed by atoms with van der Waals surface area (Å²) in [5.41, 5.74) is 6.61. The highest BCUT2D eigenvalue weighted by atomic mass is 14.7. The van der Waals surface area contributed by atoms with Crippen LogP contribution in [-0.2, 0) is 0 Å². The molecule has 0 unspecified atom stereocenters. The van der Waals surface area contributed by atoms with Gasteiger partial charge in [-0.3, -0.25) is 0 Å². The van der Waals surface area contributed by atoms with Crippen LogP contribution in [0.5, 0.6) is 0 Å². The molecular weight excluding hydrogens is 278 g/mol. The van der Waals surface area contributed by atoms with Crippen molar-refractivity contribution in [3.63, 3.8) is 0 Å². The average Bonchev–Trinajstić information content (AvgIpc) is 3.09. The Morgan fingerprint density at radius 2 is 1.96 bits per heavy atom. The van der Waals surface area contributed by atoms with E-state index in [9.17, 15) is 0 Å². The fraction of sp³-hybridized carbons (Fsp3) is 0.318. The maximum absolute atomic E-state index is 5.64. The number of rotatable bonds is 3. The molecular formula is C22H23N. The first-order valence-corrected chi connectivity index (χ1v) is 8.43. The van der Waals surface area contributed by atoms with Gasteiger partial charge in [0.1, 0.15) is 5.69 Å². The fourth-order valence-electron chi connectivity index (χ4n) is 3.52. The predicted molar refractivity (Wildman–Crippen MR) is 98.3 cm³/mol. The Hall–Kier alpha value is -2.33. The third kappa shape index (κ3) is 3.37. The van der Waals surface area contributed by atoms with Gasteiger partial charge < -0.3 is 0 Å². The number of aryl methyl sites for hydroxylation is 1. The topological polar surface area (TPSA) is 12.9 Å². The number of pyridine rings is 1. The Morgan fingerprint density at radius 3 is 2.65 bits per heavy atom. The van der Waals surface area contributed by atoms with Gasteiger partial charge >= 0.3 is 0 Å². The summed E-state index contributed by atoms with van der Waals surface area (Å²) in [4.78, 5) is 4.70. The smallest absolute Gasteiger partial charge is 0.120 e. The second-order valence-electron chi connectivity index (χ2n) is 6.39. The Kier molecular flexibility index (Phi) is 4.63. The first kappa shape index (κ1) is 15.6. The van der Waals surface area contributed by atoms with Crippen molar-refractivity contribution in [2.45, 2.75) is 45.4 Å². The van der Waals surface area contributed by atoms with Gasteiger partial charge in [-0.25, -0.2) is 4.98 Å². The molecule has 23 heavy (non-hydrogen) atoms. The summed E-state index contributed by atoms with van der Waals surface area (Å²) < 4.78 is 0. The normalized spacial score (nSPS) is 15.2. The van der Waals surface area contributed by atoms with Crippen molar-refractivity contribution in [2.24, 2.45) is 0 Å². The summed E-state index contributed by atoms with van der Waals surface area (Å²) >= 11 is 0. The molecule has 0 amide bonds. The molecule has 0 aliphatic heterocycles. The molecule has 3 rings (SSSR count). The highest BCUT2D eigenvalue weighted by molar-refractivity contribution is 5.66. The standard InChI is InChI=1S/C22H23N/c1-4-8-18-11-12-22(23-21(18)5-2)20-14-16(3)13-19(15-20)17-9-6-7-10-17/h2,4,8,11-15,17H,6-7,9-10H2,1,3H3/b8-4-. The Morgan fingerprint density at radius 1 is 1.17 bits per heavy atom. The zero-order valence-electron chi connectivity index (χ0n) is 14.0. The zero-order chi connectivity index (χ0) is 16.2. The predicted octanol–water partition coefficient (Wildman–Crippen LogP) is 5.73. The van der Waals surface area contributed by atoms with Crippen molar-refractivity contribution in [2.75, 3.05) is 0 Å². The Balaban J connectivity index is 2.03. The lowest BCUT2D eigenvalue weighted by molar-refractivity contribution is 0.723. The van der Waals surface area contributed by atoms with Crippen LogP contribution in [0, 0.1) is 19.3 Å². The molecule has 1 heteroatoms. The van der Waals surface area contributed by atoms with Crippen LogP contribution < -0.4 is 0 Å². The number of benzene rings is 1. The molecule has 2 aromatic rings. The number of hydrogen-bond donors (Lipinski definition) is 0. The van der Waals surface area contributed by atoms with E-state index in [2.05, 4.69) is 43.2 Å². The first-order chi connectivity index (χ1) is 11.2. The van der Waals surface area contributed by atoms with Gasteiger partial charge in [0, 0.05) is 11.1 Å². The van der Waals surface area contributed by atoms with Gasteiger partial charge in [-0.1, -0.05) is 36.6 Å². The van der Waals surface area contributed by atoms with Crippen LogP contribution in [0.4, 0.5) is 0 Å². The molecule has 0 spiro atoms. The SMILES string of the molecule is C#Cc1nc(-c2cc(C)cc(C3CCCC3)c2)ccc1/C=C\C. The van der Waals surface area contributed by atoms with Crippen LogP contribution in [0.3, 0.4) is 0 Å². The molecule has 0 N–H and O–H groups in total. The van der Waals surface area contributed by atoms with Gasteiger partial charge in [0.05, 0.1) is 5.69 Å². The molecule has 1 aromatic carbocycles. The van der Waals surface area contributed by atoms with E-state index < -0.39 is 0 Å². The highest BCUT2D eigenvalue weighted by Crippen LogP contribution is 2.36. The van der Waals surface area contributed by atoms with E-state index in [1.165, 1.54) is 42.4 Å². The van der Waals surface area contributed by atoms with Crippen LogP contribution in [0.25, 0.3) is 17.3 Å². The molecule has 0 atom stereocenters. The molecule has 1 saturated carbocycles. The summed E-state index contributed by atoms with van der Waals surface area (Å²) in [6, 6.07) is 11.0. The van der Waals surface area contributed by atoms with E-state index in [1.54, 1.807) is 0 Å². The van der Waals surface area contributed by atoms with Crippen LogP contribution in [0.1, 0.15) is 60.9 Å². The number of allylic oxidation sites excluding steroid dienone is 1. The van der Waals surface area contributed by atoms with E-state index in [-0.39, 0.29) is 0 Å².